The van der Waals surface area contributed by atoms with Crippen molar-refractivity contribution in [2.75, 3.05) is 26.2 Å². The van der Waals surface area contributed by atoms with Gasteiger partial charge in [-0.1, -0.05) is 30.3 Å². The van der Waals surface area contributed by atoms with Gasteiger partial charge in [0.1, 0.15) is 6.61 Å². The van der Waals surface area contributed by atoms with E-state index in [0.717, 1.165) is 12.1 Å². The molecule has 128 valence electrons. The molecule has 2 N–H and O–H groups in total. The number of hydrogen-bond donors (Lipinski definition) is 2. The lowest BCUT2D eigenvalue weighted by Gasteiger charge is -2.32. The van der Waals surface area contributed by atoms with Crippen LogP contribution in [0.1, 0.15) is 11.1 Å². The van der Waals surface area contributed by atoms with Crippen LogP contribution in [-0.4, -0.2) is 48.3 Å². The second kappa shape index (κ2) is 8.52. The van der Waals surface area contributed by atoms with E-state index in [1.54, 1.807) is 4.90 Å². The Hall–Kier alpha value is -2.31. The molecule has 1 unspecified atom stereocenters. The number of carbonyl (C=O) groups excluding carboxylic acids is 1. The van der Waals surface area contributed by atoms with Crippen molar-refractivity contribution in [1.29, 1.82) is 0 Å². The molecule has 0 aliphatic carbocycles. The Morgan fingerprint density at radius 1 is 1.29 bits per heavy atom. The number of ether oxygens (including phenoxy) is 2. The summed E-state index contributed by atoms with van der Waals surface area (Å²) in [5.41, 5.74) is 2.19. The number of aromatic nitrogens is 1. The second-order valence-electron chi connectivity index (χ2n) is 5.83. The van der Waals surface area contributed by atoms with Crippen LogP contribution in [0.5, 0.6) is 0 Å². The first kappa shape index (κ1) is 16.5. The SMILES string of the molecule is O=C(OCc1ccccc1)N1CCOC(CNCc2cc[nH]c2)C1. The number of rotatable bonds is 6. The van der Waals surface area contributed by atoms with E-state index in [1.165, 1.54) is 5.56 Å². The summed E-state index contributed by atoms with van der Waals surface area (Å²) in [6, 6.07) is 11.7. The molecule has 1 amide bonds. The van der Waals surface area contributed by atoms with Crippen LogP contribution in [0.25, 0.3) is 0 Å². The van der Waals surface area contributed by atoms with Crippen molar-refractivity contribution in [3.05, 3.63) is 59.9 Å². The van der Waals surface area contributed by atoms with Crippen molar-refractivity contribution < 1.29 is 14.3 Å². The zero-order valence-corrected chi connectivity index (χ0v) is 13.6. The van der Waals surface area contributed by atoms with E-state index in [4.69, 9.17) is 9.47 Å². The predicted octanol–water partition coefficient (Wildman–Crippen LogP) is 2.14. The molecule has 2 aromatic rings. The standard InChI is InChI=1S/C18H23N3O3/c22-18(24-14-15-4-2-1-3-5-15)21-8-9-23-17(13-21)12-20-11-16-6-7-19-10-16/h1-7,10,17,19-20H,8-9,11-14H2. The number of nitrogens with one attached hydrogen (secondary N) is 2. The average Bonchev–Trinajstić information content (AvgIpc) is 3.14. The van der Waals surface area contributed by atoms with Crippen LogP contribution in [0.15, 0.2) is 48.8 Å². The van der Waals surface area contributed by atoms with E-state index in [0.29, 0.717) is 32.8 Å². The minimum atomic E-state index is -0.280. The molecule has 1 saturated heterocycles. The molecule has 6 nitrogen and oxygen atoms in total. The Balaban J connectivity index is 1.40. The number of aromatic amines is 1. The third-order valence-electron chi connectivity index (χ3n) is 3.97. The number of morpholine rings is 1. The molecule has 1 fully saturated rings. The van der Waals surface area contributed by atoms with Crippen LogP contribution in [0.3, 0.4) is 0 Å². The molecular formula is C18H23N3O3. The molecular weight excluding hydrogens is 306 g/mol. The Bertz CT molecular complexity index is 616. The third kappa shape index (κ3) is 4.84. The van der Waals surface area contributed by atoms with Gasteiger partial charge in [-0.2, -0.15) is 0 Å². The highest BCUT2D eigenvalue weighted by molar-refractivity contribution is 5.67. The van der Waals surface area contributed by atoms with Crippen molar-refractivity contribution >= 4 is 6.09 Å². The Morgan fingerprint density at radius 3 is 2.96 bits per heavy atom. The summed E-state index contributed by atoms with van der Waals surface area (Å²) < 4.78 is 11.1. The predicted molar refractivity (Wildman–Crippen MR) is 90.4 cm³/mol. The summed E-state index contributed by atoms with van der Waals surface area (Å²) >= 11 is 0. The third-order valence-corrected chi connectivity index (χ3v) is 3.97. The summed E-state index contributed by atoms with van der Waals surface area (Å²) in [7, 11) is 0. The van der Waals surface area contributed by atoms with Gasteiger partial charge in [0.05, 0.1) is 19.3 Å². The van der Waals surface area contributed by atoms with Gasteiger partial charge in [-0.15, -0.1) is 0 Å². The van der Waals surface area contributed by atoms with Crippen molar-refractivity contribution in [3.8, 4) is 0 Å². The van der Waals surface area contributed by atoms with Crippen LogP contribution in [0, 0.1) is 0 Å². The average molecular weight is 329 g/mol. The molecule has 1 aromatic carbocycles. The van der Waals surface area contributed by atoms with Crippen molar-refractivity contribution in [1.82, 2.24) is 15.2 Å². The summed E-state index contributed by atoms with van der Waals surface area (Å²) in [5.74, 6) is 0. The minimum absolute atomic E-state index is 0.0121. The van der Waals surface area contributed by atoms with Gasteiger partial charge < -0.3 is 24.7 Å². The van der Waals surface area contributed by atoms with Gasteiger partial charge in [-0.3, -0.25) is 0 Å². The molecule has 0 saturated carbocycles. The number of hydrogen-bond acceptors (Lipinski definition) is 4. The fourth-order valence-electron chi connectivity index (χ4n) is 2.67. The summed E-state index contributed by atoms with van der Waals surface area (Å²) in [4.78, 5) is 16.9. The molecule has 24 heavy (non-hydrogen) atoms. The van der Waals surface area contributed by atoms with Gasteiger partial charge >= 0.3 is 6.09 Å². The van der Waals surface area contributed by atoms with E-state index in [1.807, 2.05) is 48.8 Å². The zero-order valence-electron chi connectivity index (χ0n) is 13.6. The van der Waals surface area contributed by atoms with Gasteiger partial charge in [0.2, 0.25) is 0 Å². The zero-order chi connectivity index (χ0) is 16.6. The molecule has 0 spiro atoms. The molecule has 3 rings (SSSR count). The minimum Gasteiger partial charge on any atom is -0.445 e. The van der Waals surface area contributed by atoms with Crippen LogP contribution in [0.4, 0.5) is 4.79 Å². The molecule has 2 heterocycles. The smallest absolute Gasteiger partial charge is 0.410 e. The van der Waals surface area contributed by atoms with Gasteiger partial charge in [-0.25, -0.2) is 4.79 Å². The fraction of sp³-hybridized carbons (Fsp3) is 0.389. The lowest BCUT2D eigenvalue weighted by Crippen LogP contribution is -2.49. The van der Waals surface area contributed by atoms with Crippen molar-refractivity contribution in [2.45, 2.75) is 19.3 Å². The van der Waals surface area contributed by atoms with Gasteiger partial charge in [0.15, 0.2) is 0 Å². The van der Waals surface area contributed by atoms with Crippen molar-refractivity contribution in [2.24, 2.45) is 0 Å². The summed E-state index contributed by atoms with van der Waals surface area (Å²) in [5, 5.41) is 3.35. The van der Waals surface area contributed by atoms with Gasteiger partial charge in [0.25, 0.3) is 0 Å². The molecule has 6 heteroatoms. The fourth-order valence-corrected chi connectivity index (χ4v) is 2.67. The maximum atomic E-state index is 12.2. The first-order valence-corrected chi connectivity index (χ1v) is 8.21. The molecule has 1 atom stereocenters. The van der Waals surface area contributed by atoms with Gasteiger partial charge in [-0.05, 0) is 17.2 Å². The Morgan fingerprint density at radius 2 is 2.17 bits per heavy atom. The maximum absolute atomic E-state index is 12.2. The van der Waals surface area contributed by atoms with Crippen LogP contribution in [-0.2, 0) is 22.6 Å². The molecule has 0 bridgehead atoms. The van der Waals surface area contributed by atoms with Crippen LogP contribution >= 0.6 is 0 Å². The number of H-pyrrole nitrogens is 1. The number of amides is 1. The molecule has 1 aliphatic rings. The van der Waals surface area contributed by atoms with Crippen LogP contribution in [0.2, 0.25) is 0 Å². The van der Waals surface area contributed by atoms with Gasteiger partial charge in [0, 0.05) is 32.0 Å². The lowest BCUT2D eigenvalue weighted by atomic mass is 10.2. The second-order valence-corrected chi connectivity index (χ2v) is 5.83. The lowest BCUT2D eigenvalue weighted by molar-refractivity contribution is -0.0271. The number of benzene rings is 1. The summed E-state index contributed by atoms with van der Waals surface area (Å²) in [6.45, 7) is 3.44. The normalized spacial score (nSPS) is 17.7. The van der Waals surface area contributed by atoms with Crippen molar-refractivity contribution in [3.63, 3.8) is 0 Å². The maximum Gasteiger partial charge on any atom is 0.410 e. The van der Waals surface area contributed by atoms with E-state index in [9.17, 15) is 4.79 Å². The van der Waals surface area contributed by atoms with E-state index >= 15 is 0 Å². The number of carbonyl (C=O) groups is 1. The summed E-state index contributed by atoms with van der Waals surface area (Å²) in [6.07, 6.45) is 3.57. The first-order valence-electron chi connectivity index (χ1n) is 8.21. The highest BCUT2D eigenvalue weighted by atomic mass is 16.6. The topological polar surface area (TPSA) is 66.6 Å². The molecule has 0 radical (unpaired) electrons. The number of nitrogens with zero attached hydrogens (tertiary/aromatic N) is 1. The molecule has 1 aromatic heterocycles. The largest absolute Gasteiger partial charge is 0.445 e. The van der Waals surface area contributed by atoms with Crippen LogP contribution < -0.4 is 5.32 Å². The first-order chi connectivity index (χ1) is 11.8. The molecule has 1 aliphatic heterocycles. The van der Waals surface area contributed by atoms with E-state index in [-0.39, 0.29) is 12.2 Å². The Kier molecular flexibility index (Phi) is 5.87. The quantitative estimate of drug-likeness (QED) is 0.852. The van der Waals surface area contributed by atoms with E-state index < -0.39 is 0 Å². The highest BCUT2D eigenvalue weighted by Gasteiger charge is 2.25. The van der Waals surface area contributed by atoms with E-state index in [2.05, 4.69) is 10.3 Å². The Labute approximate surface area is 141 Å². The highest BCUT2D eigenvalue weighted by Crippen LogP contribution is 2.09. The monoisotopic (exact) mass is 329 g/mol.